The Hall–Kier alpha value is -4.71. The van der Waals surface area contributed by atoms with E-state index < -0.39 is 6.10 Å². The van der Waals surface area contributed by atoms with Crippen molar-refractivity contribution < 1.29 is 28.6 Å². The summed E-state index contributed by atoms with van der Waals surface area (Å²) in [7, 11) is 0. The largest absolute Gasteiger partial charge is 0.462 e. The Kier molecular flexibility index (Phi) is 62.9. The molecule has 6 heteroatoms. The van der Waals surface area contributed by atoms with Gasteiger partial charge in [-0.2, -0.15) is 0 Å². The van der Waals surface area contributed by atoms with Crippen LogP contribution in [0.25, 0.3) is 0 Å². The van der Waals surface area contributed by atoms with Crippen LogP contribution in [0.4, 0.5) is 0 Å². The zero-order chi connectivity index (χ0) is 57.8. The fraction of sp³-hybridized carbons (Fsp3) is 0.635. The Balaban J connectivity index is 4.51. The smallest absolute Gasteiger partial charge is 0.306 e. The molecule has 80 heavy (non-hydrogen) atoms. The van der Waals surface area contributed by atoms with Gasteiger partial charge in [-0.25, -0.2) is 0 Å². The molecule has 0 aliphatic heterocycles. The van der Waals surface area contributed by atoms with Gasteiger partial charge in [0.25, 0.3) is 0 Å². The third-order valence-electron chi connectivity index (χ3n) is 13.5. The fourth-order valence-electron chi connectivity index (χ4n) is 8.64. The summed E-state index contributed by atoms with van der Waals surface area (Å²) in [5, 5.41) is 0. The highest BCUT2D eigenvalue weighted by Gasteiger charge is 2.19. The van der Waals surface area contributed by atoms with Crippen LogP contribution in [0, 0.1) is 0 Å². The van der Waals surface area contributed by atoms with Crippen molar-refractivity contribution in [1.29, 1.82) is 0 Å². The normalized spacial score (nSPS) is 13.1. The third kappa shape index (κ3) is 64.1. The topological polar surface area (TPSA) is 78.9 Å². The molecule has 0 radical (unpaired) electrons. The van der Waals surface area contributed by atoms with Crippen molar-refractivity contribution in [2.45, 2.75) is 290 Å². The van der Waals surface area contributed by atoms with Gasteiger partial charge in [0, 0.05) is 19.3 Å². The van der Waals surface area contributed by atoms with E-state index in [1.165, 1.54) is 96.3 Å². The molecule has 0 rings (SSSR count). The molecule has 0 heterocycles. The van der Waals surface area contributed by atoms with Gasteiger partial charge >= 0.3 is 17.9 Å². The van der Waals surface area contributed by atoms with Crippen molar-refractivity contribution in [2.24, 2.45) is 0 Å². The summed E-state index contributed by atoms with van der Waals surface area (Å²) in [6.45, 7) is 6.45. The summed E-state index contributed by atoms with van der Waals surface area (Å²) in [6.07, 6.45) is 95.6. The number of allylic oxidation sites excluding steroid dienone is 24. The van der Waals surface area contributed by atoms with Crippen LogP contribution >= 0.6 is 0 Å². The number of hydrogen-bond acceptors (Lipinski definition) is 6. The molecule has 0 saturated heterocycles. The van der Waals surface area contributed by atoms with Gasteiger partial charge in [0.1, 0.15) is 13.2 Å². The second kappa shape index (κ2) is 66.8. The molecule has 0 amide bonds. The van der Waals surface area contributed by atoms with Crippen molar-refractivity contribution >= 4 is 17.9 Å². The maximum Gasteiger partial charge on any atom is 0.306 e. The highest BCUT2D eigenvalue weighted by Crippen LogP contribution is 2.14. The van der Waals surface area contributed by atoms with E-state index in [4.69, 9.17) is 14.2 Å². The predicted molar refractivity (Wildman–Crippen MR) is 348 cm³/mol. The number of ether oxygens (including phenoxy) is 3. The Morgan fingerprint density at radius 2 is 0.487 bits per heavy atom. The maximum atomic E-state index is 12.9. The van der Waals surface area contributed by atoms with E-state index in [1.54, 1.807) is 0 Å². The van der Waals surface area contributed by atoms with Gasteiger partial charge in [-0.1, -0.05) is 263 Å². The zero-order valence-corrected chi connectivity index (χ0v) is 51.8. The molecule has 0 bridgehead atoms. The Labute approximate surface area is 493 Å². The summed E-state index contributed by atoms with van der Waals surface area (Å²) in [4.78, 5) is 38.4. The lowest BCUT2D eigenvalue weighted by Crippen LogP contribution is -2.30. The highest BCUT2D eigenvalue weighted by molar-refractivity contribution is 5.71. The van der Waals surface area contributed by atoms with E-state index in [-0.39, 0.29) is 31.1 Å². The maximum absolute atomic E-state index is 12.9. The number of rotatable bonds is 58. The van der Waals surface area contributed by atoms with Crippen molar-refractivity contribution in [3.8, 4) is 0 Å². The molecular formula is C74H120O6. The van der Waals surface area contributed by atoms with Crippen molar-refractivity contribution in [3.63, 3.8) is 0 Å². The van der Waals surface area contributed by atoms with E-state index in [0.29, 0.717) is 25.7 Å². The standard InChI is InChI=1S/C74H120O6/c1-4-7-10-13-16-19-22-25-28-31-33-34-35-36-37-38-39-40-42-43-46-49-52-55-58-61-64-67-73(76)79-70-71(69-78-72(75)66-63-60-57-54-51-48-45-30-27-24-21-18-15-12-9-6-3)80-74(77)68-65-62-59-56-53-50-47-44-41-32-29-26-23-20-17-14-11-8-5-2/h7,10,16-17,19-20,25-26,28-30,33-34,36-37,39-41,43-46,52,55,71H,4-6,8-9,11-15,18,21-24,27,31-32,35,38,42,47-51,53-54,56-70H2,1-3H3/b10-7-,19-16-,20-17-,28-25-,29-26-,34-33-,37-36-,40-39-,44-41-,45-30-,46-43-,55-52-. The first-order valence-electron chi connectivity index (χ1n) is 32.8. The molecule has 0 aromatic carbocycles. The highest BCUT2D eigenvalue weighted by atomic mass is 16.6. The van der Waals surface area contributed by atoms with Crippen LogP contribution in [0.15, 0.2) is 146 Å². The van der Waals surface area contributed by atoms with Crippen molar-refractivity contribution in [3.05, 3.63) is 146 Å². The first-order valence-corrected chi connectivity index (χ1v) is 32.8. The number of hydrogen-bond donors (Lipinski definition) is 0. The Morgan fingerprint density at radius 3 is 0.825 bits per heavy atom. The number of esters is 3. The molecule has 1 atom stereocenters. The van der Waals surface area contributed by atoms with Gasteiger partial charge in [-0.15, -0.1) is 0 Å². The third-order valence-corrected chi connectivity index (χ3v) is 13.5. The molecule has 0 aliphatic carbocycles. The molecule has 0 aliphatic rings. The molecule has 0 N–H and O–H groups in total. The first kappa shape index (κ1) is 75.3. The summed E-state index contributed by atoms with van der Waals surface area (Å²) < 4.78 is 16.9. The van der Waals surface area contributed by atoms with E-state index in [9.17, 15) is 14.4 Å². The van der Waals surface area contributed by atoms with Gasteiger partial charge in [0.2, 0.25) is 0 Å². The second-order valence-electron chi connectivity index (χ2n) is 21.3. The Bertz CT molecular complexity index is 1750. The molecule has 6 nitrogen and oxygen atoms in total. The number of carbonyl (C=O) groups is 3. The number of unbranched alkanes of at least 4 members (excludes halogenated alkanes) is 23. The summed E-state index contributed by atoms with van der Waals surface area (Å²) in [6, 6.07) is 0. The average Bonchev–Trinajstić information content (AvgIpc) is 3.46. The summed E-state index contributed by atoms with van der Waals surface area (Å²) in [5.74, 6) is -0.971. The van der Waals surface area contributed by atoms with Gasteiger partial charge in [0.15, 0.2) is 6.10 Å². The van der Waals surface area contributed by atoms with Crippen LogP contribution in [-0.2, 0) is 28.6 Å². The minimum absolute atomic E-state index is 0.106. The fourth-order valence-corrected chi connectivity index (χ4v) is 8.64. The average molecular weight is 1110 g/mol. The minimum Gasteiger partial charge on any atom is -0.462 e. The van der Waals surface area contributed by atoms with Crippen LogP contribution in [0.3, 0.4) is 0 Å². The van der Waals surface area contributed by atoms with Gasteiger partial charge in [-0.05, 0) is 148 Å². The van der Waals surface area contributed by atoms with E-state index in [1.807, 2.05) is 0 Å². The second-order valence-corrected chi connectivity index (χ2v) is 21.3. The monoisotopic (exact) mass is 1100 g/mol. The summed E-state index contributed by atoms with van der Waals surface area (Å²) in [5.41, 5.74) is 0. The predicted octanol–water partition coefficient (Wildman–Crippen LogP) is 22.7. The lowest BCUT2D eigenvalue weighted by molar-refractivity contribution is -0.167. The molecule has 0 fully saturated rings. The molecular weight excluding hydrogens is 985 g/mol. The molecule has 0 aromatic heterocycles. The minimum atomic E-state index is -0.815. The first-order chi connectivity index (χ1) is 39.5. The van der Waals surface area contributed by atoms with E-state index in [0.717, 1.165) is 141 Å². The lowest BCUT2D eigenvalue weighted by atomic mass is 10.1. The molecule has 1 unspecified atom stereocenters. The van der Waals surface area contributed by atoms with Crippen LogP contribution in [0.5, 0.6) is 0 Å². The molecule has 452 valence electrons. The summed E-state index contributed by atoms with van der Waals surface area (Å²) >= 11 is 0. The van der Waals surface area contributed by atoms with Crippen molar-refractivity contribution in [1.82, 2.24) is 0 Å². The molecule has 0 spiro atoms. The van der Waals surface area contributed by atoms with Crippen molar-refractivity contribution in [2.75, 3.05) is 13.2 Å². The van der Waals surface area contributed by atoms with Gasteiger partial charge in [-0.3, -0.25) is 14.4 Å². The van der Waals surface area contributed by atoms with E-state index >= 15 is 0 Å². The van der Waals surface area contributed by atoms with E-state index in [2.05, 4.69) is 167 Å². The van der Waals surface area contributed by atoms with Crippen LogP contribution < -0.4 is 0 Å². The van der Waals surface area contributed by atoms with Gasteiger partial charge in [0.05, 0.1) is 0 Å². The molecule has 0 aromatic rings. The zero-order valence-electron chi connectivity index (χ0n) is 51.8. The van der Waals surface area contributed by atoms with Crippen LogP contribution in [0.1, 0.15) is 284 Å². The van der Waals surface area contributed by atoms with Gasteiger partial charge < -0.3 is 14.2 Å². The Morgan fingerprint density at radius 1 is 0.263 bits per heavy atom. The quantitative estimate of drug-likeness (QED) is 0.0261. The lowest BCUT2D eigenvalue weighted by Gasteiger charge is -2.18. The van der Waals surface area contributed by atoms with Crippen LogP contribution in [0.2, 0.25) is 0 Å². The molecule has 0 saturated carbocycles. The van der Waals surface area contributed by atoms with Crippen LogP contribution in [-0.4, -0.2) is 37.2 Å². The number of carbonyl (C=O) groups excluding carboxylic acids is 3. The SMILES string of the molecule is CC/C=C\C/C=C\C/C=C\C/C=C\C/C=C\C/C=C\C/C=C\C/C=C\CCCCC(=O)OCC(COC(=O)CCCCCCC/C=C\CCCCCCCCC)OC(=O)CCCCCCCC/C=C\C/C=C\C/C=C\CCCCC.